The fraction of sp³-hybridized carbons (Fsp3) is 0.920. The van der Waals surface area contributed by atoms with Gasteiger partial charge in [0.05, 0.1) is 6.10 Å². The van der Waals surface area contributed by atoms with E-state index in [9.17, 15) is 14.8 Å². The molecule has 0 saturated heterocycles. The highest BCUT2D eigenvalue weighted by molar-refractivity contribution is 5.83. The molecule has 1 fully saturated rings. The van der Waals surface area contributed by atoms with Gasteiger partial charge in [0.1, 0.15) is 18.2 Å². The number of rotatable bonds is 9. The Hall–Kier alpha value is -1.14. The smallest absolute Gasteiger partial charge is 0.328 e. The van der Waals surface area contributed by atoms with E-state index in [1.807, 2.05) is 0 Å². The number of esters is 1. The van der Waals surface area contributed by atoms with Gasteiger partial charge in [-0.25, -0.2) is 5.06 Å². The van der Waals surface area contributed by atoms with Crippen LogP contribution in [0.5, 0.6) is 0 Å². The van der Waals surface area contributed by atoms with Crippen molar-refractivity contribution in [3.63, 3.8) is 0 Å². The summed E-state index contributed by atoms with van der Waals surface area (Å²) in [7, 11) is 0. The van der Waals surface area contributed by atoms with Crippen LogP contribution in [-0.2, 0) is 19.1 Å². The first-order valence-corrected chi connectivity index (χ1v) is 11.9. The van der Waals surface area contributed by atoms with Gasteiger partial charge in [-0.3, -0.25) is 14.8 Å². The van der Waals surface area contributed by atoms with E-state index in [1.165, 1.54) is 0 Å². The molecule has 0 aromatic carbocycles. The van der Waals surface area contributed by atoms with Crippen LogP contribution in [0.4, 0.5) is 0 Å². The molecule has 4 unspecified atom stereocenters. The van der Waals surface area contributed by atoms with Crippen LogP contribution < -0.4 is 0 Å². The maximum absolute atomic E-state index is 12.7. The molecule has 4 atom stereocenters. The van der Waals surface area contributed by atoms with E-state index in [2.05, 4.69) is 41.5 Å². The van der Waals surface area contributed by atoms with Crippen molar-refractivity contribution in [1.82, 2.24) is 5.06 Å². The summed E-state index contributed by atoms with van der Waals surface area (Å²) in [5, 5.41) is 10.6. The van der Waals surface area contributed by atoms with E-state index < -0.39 is 30.1 Å². The van der Waals surface area contributed by atoms with E-state index in [0.717, 1.165) is 32.1 Å². The van der Waals surface area contributed by atoms with Gasteiger partial charge in [-0.05, 0) is 69.6 Å². The van der Waals surface area contributed by atoms with Crippen LogP contribution in [0, 0.1) is 22.7 Å². The summed E-state index contributed by atoms with van der Waals surface area (Å²) in [5.74, 6) is -0.311. The first-order chi connectivity index (χ1) is 14.0. The van der Waals surface area contributed by atoms with Gasteiger partial charge < -0.3 is 9.47 Å². The molecule has 1 aliphatic rings. The molecule has 1 rings (SSSR count). The zero-order valence-electron chi connectivity index (χ0n) is 21.6. The van der Waals surface area contributed by atoms with Crippen molar-refractivity contribution in [3.05, 3.63) is 0 Å². The minimum Gasteiger partial charge on any atom is -0.459 e. The van der Waals surface area contributed by atoms with Crippen LogP contribution in [0.25, 0.3) is 0 Å². The molecule has 6 nitrogen and oxygen atoms in total. The number of amides is 1. The maximum Gasteiger partial charge on any atom is 0.328 e. The summed E-state index contributed by atoms with van der Waals surface area (Å²) in [4.78, 5) is 24.6. The molecule has 1 saturated carbocycles. The Bertz CT molecular complexity index is 608. The summed E-state index contributed by atoms with van der Waals surface area (Å²) in [6, 6.07) is 0. The van der Waals surface area contributed by atoms with Crippen molar-refractivity contribution >= 4 is 11.9 Å². The molecule has 0 aromatic rings. The Balaban J connectivity index is 2.85. The average Bonchev–Trinajstić information content (AvgIpc) is 2.65. The molecule has 1 aliphatic carbocycles. The molecular formula is C25H47NO5. The van der Waals surface area contributed by atoms with E-state index in [0.29, 0.717) is 16.9 Å². The number of hydroxylamine groups is 2. The van der Waals surface area contributed by atoms with Gasteiger partial charge in [0, 0.05) is 0 Å². The molecule has 0 heterocycles. The molecule has 1 N–H and O–H groups in total. The lowest BCUT2D eigenvalue weighted by atomic mass is 9.60. The fourth-order valence-electron chi connectivity index (χ4n) is 4.49. The highest BCUT2D eigenvalue weighted by atomic mass is 16.6. The summed E-state index contributed by atoms with van der Waals surface area (Å²) >= 11 is 0. The van der Waals surface area contributed by atoms with Crippen molar-refractivity contribution in [2.24, 2.45) is 22.7 Å². The second kappa shape index (κ2) is 10.7. The normalized spacial score (nSPS) is 23.9. The van der Waals surface area contributed by atoms with Gasteiger partial charge in [0.25, 0.3) is 5.91 Å². The molecule has 0 bridgehead atoms. The van der Waals surface area contributed by atoms with E-state index >= 15 is 0 Å². The molecule has 0 aliphatic heterocycles. The monoisotopic (exact) mass is 441 g/mol. The minimum absolute atomic E-state index is 0.0484. The fourth-order valence-corrected chi connectivity index (χ4v) is 4.49. The van der Waals surface area contributed by atoms with Gasteiger partial charge in [-0.15, -0.1) is 0 Å². The van der Waals surface area contributed by atoms with Gasteiger partial charge >= 0.3 is 5.97 Å². The number of carbonyl (C=O) groups excluding carboxylic acids is 2. The number of nitrogens with zero attached hydrogens (tertiary/aromatic N) is 1. The van der Waals surface area contributed by atoms with Gasteiger partial charge in [0.15, 0.2) is 0 Å². The maximum atomic E-state index is 12.7. The summed E-state index contributed by atoms with van der Waals surface area (Å²) < 4.78 is 11.4. The largest absolute Gasteiger partial charge is 0.459 e. The Morgan fingerprint density at radius 1 is 1.00 bits per heavy atom. The predicted molar refractivity (Wildman–Crippen MR) is 123 cm³/mol. The molecule has 6 heteroatoms. The Morgan fingerprint density at radius 2 is 1.55 bits per heavy atom. The summed E-state index contributed by atoms with van der Waals surface area (Å²) in [6.07, 6.45) is 4.34. The van der Waals surface area contributed by atoms with Crippen LogP contribution in [0.2, 0.25) is 0 Å². The van der Waals surface area contributed by atoms with Crippen molar-refractivity contribution in [3.8, 4) is 0 Å². The van der Waals surface area contributed by atoms with Gasteiger partial charge in [-0.1, -0.05) is 54.4 Å². The van der Waals surface area contributed by atoms with Gasteiger partial charge in [-0.2, -0.15) is 0 Å². The predicted octanol–water partition coefficient (Wildman–Crippen LogP) is 5.61. The lowest BCUT2D eigenvalue weighted by Crippen LogP contribution is -2.47. The van der Waals surface area contributed by atoms with Crippen LogP contribution in [0.3, 0.4) is 0 Å². The zero-order valence-corrected chi connectivity index (χ0v) is 21.6. The zero-order chi connectivity index (χ0) is 24.2. The Labute approximate surface area is 190 Å². The quantitative estimate of drug-likeness (QED) is 0.286. The van der Waals surface area contributed by atoms with Crippen molar-refractivity contribution in [2.75, 3.05) is 6.54 Å². The highest BCUT2D eigenvalue weighted by Crippen LogP contribution is 2.49. The summed E-state index contributed by atoms with van der Waals surface area (Å²) in [5.41, 5.74) is -0.303. The number of ether oxygens (including phenoxy) is 2. The third-order valence-electron chi connectivity index (χ3n) is 7.40. The Morgan fingerprint density at radius 3 is 2.03 bits per heavy atom. The summed E-state index contributed by atoms with van der Waals surface area (Å²) in [6.45, 7) is 20.1. The number of carbonyl (C=O) groups is 2. The first-order valence-electron chi connectivity index (χ1n) is 11.9. The molecule has 0 aromatic heterocycles. The SMILES string of the molecule is CCC(C)(C)C1CCC(OC(C)C(=O)N(O)CC(=O)OC(C)(C)C)C(C(C)(C)CC)C1. The van der Waals surface area contributed by atoms with Crippen molar-refractivity contribution in [1.29, 1.82) is 0 Å². The first kappa shape index (κ1) is 27.9. The van der Waals surface area contributed by atoms with Crippen molar-refractivity contribution < 1.29 is 24.3 Å². The Kier molecular flexibility index (Phi) is 9.58. The highest BCUT2D eigenvalue weighted by Gasteiger charge is 2.44. The van der Waals surface area contributed by atoms with E-state index in [4.69, 9.17) is 9.47 Å². The second-order valence-electron chi connectivity index (χ2n) is 11.6. The lowest BCUT2D eigenvalue weighted by Gasteiger charge is -2.49. The van der Waals surface area contributed by atoms with E-state index in [-0.39, 0.29) is 16.9 Å². The number of hydrogen-bond donors (Lipinski definition) is 1. The second-order valence-corrected chi connectivity index (χ2v) is 11.6. The van der Waals surface area contributed by atoms with Crippen LogP contribution in [-0.4, -0.2) is 46.5 Å². The lowest BCUT2D eigenvalue weighted by molar-refractivity contribution is -0.193. The molecule has 0 radical (unpaired) electrons. The molecular weight excluding hydrogens is 394 g/mol. The third kappa shape index (κ3) is 8.05. The standard InChI is InChI=1S/C25H47NO5/c1-11-24(7,8)18-13-14-20(19(15-18)25(9,10)12-2)30-17(3)22(28)26(29)16-21(27)31-23(4,5)6/h17-20,29H,11-16H2,1-10H3. The van der Waals surface area contributed by atoms with E-state index in [1.54, 1.807) is 27.7 Å². The minimum atomic E-state index is -0.830. The topological polar surface area (TPSA) is 76.1 Å². The van der Waals surface area contributed by atoms with Crippen LogP contribution in [0.1, 0.15) is 101 Å². The molecule has 0 spiro atoms. The third-order valence-corrected chi connectivity index (χ3v) is 7.40. The molecule has 182 valence electrons. The molecule has 31 heavy (non-hydrogen) atoms. The van der Waals surface area contributed by atoms with Crippen LogP contribution in [0.15, 0.2) is 0 Å². The van der Waals surface area contributed by atoms with Gasteiger partial charge in [0.2, 0.25) is 0 Å². The van der Waals surface area contributed by atoms with Crippen molar-refractivity contribution in [2.45, 2.75) is 119 Å². The average molecular weight is 442 g/mol. The molecule has 1 amide bonds. The number of hydrogen-bond acceptors (Lipinski definition) is 5. The van der Waals surface area contributed by atoms with Crippen LogP contribution >= 0.6 is 0 Å².